The minimum atomic E-state index is 0.00123. The van der Waals surface area contributed by atoms with E-state index >= 15 is 0 Å². The van der Waals surface area contributed by atoms with Gasteiger partial charge >= 0.3 is 0 Å². The van der Waals surface area contributed by atoms with Crippen LogP contribution in [-0.4, -0.2) is 17.7 Å². The lowest BCUT2D eigenvalue weighted by Gasteiger charge is -2.54. The van der Waals surface area contributed by atoms with E-state index < -0.39 is 0 Å². The maximum Gasteiger partial charge on any atom is 0.0665 e. The van der Waals surface area contributed by atoms with Crippen molar-refractivity contribution in [2.75, 3.05) is 0 Å². The molecule has 2 N–H and O–H groups in total. The van der Waals surface area contributed by atoms with Crippen LogP contribution in [0.4, 0.5) is 0 Å². The van der Waals surface area contributed by atoms with Gasteiger partial charge in [-0.05, 0) is 33.1 Å². The van der Waals surface area contributed by atoms with Gasteiger partial charge in [0.05, 0.1) is 11.7 Å². The van der Waals surface area contributed by atoms with E-state index in [1.165, 1.54) is 0 Å². The molecule has 0 amide bonds. The Kier molecular flexibility index (Phi) is 3.27. The summed E-state index contributed by atoms with van der Waals surface area (Å²) in [4.78, 5) is 0. The van der Waals surface area contributed by atoms with E-state index in [0.717, 1.165) is 19.3 Å². The maximum absolute atomic E-state index is 6.12. The zero-order valence-corrected chi connectivity index (χ0v) is 10.3. The van der Waals surface area contributed by atoms with Crippen molar-refractivity contribution in [3.63, 3.8) is 0 Å². The van der Waals surface area contributed by atoms with Crippen molar-refractivity contribution < 1.29 is 4.74 Å². The van der Waals surface area contributed by atoms with Gasteiger partial charge < -0.3 is 10.5 Å². The zero-order chi connectivity index (χ0) is 11.0. The van der Waals surface area contributed by atoms with Gasteiger partial charge in [-0.15, -0.1) is 0 Å². The zero-order valence-electron chi connectivity index (χ0n) is 10.3. The summed E-state index contributed by atoms with van der Waals surface area (Å²) < 4.78 is 6.12. The Hall–Kier alpha value is -0.0800. The second-order valence-electron chi connectivity index (χ2n) is 5.42. The summed E-state index contributed by atoms with van der Waals surface area (Å²) in [5.74, 6) is 0. The topological polar surface area (TPSA) is 35.2 Å². The van der Waals surface area contributed by atoms with E-state index in [4.69, 9.17) is 10.5 Å². The van der Waals surface area contributed by atoms with Crippen LogP contribution >= 0.6 is 0 Å². The van der Waals surface area contributed by atoms with Gasteiger partial charge in [0.15, 0.2) is 0 Å². The minimum absolute atomic E-state index is 0.00123. The highest BCUT2D eigenvalue weighted by atomic mass is 16.5. The molecule has 2 heteroatoms. The molecule has 0 heterocycles. The van der Waals surface area contributed by atoms with Gasteiger partial charge in [0.2, 0.25) is 0 Å². The number of hydrogen-bond acceptors (Lipinski definition) is 2. The third-order valence-electron chi connectivity index (χ3n) is 4.13. The van der Waals surface area contributed by atoms with Crippen molar-refractivity contribution in [2.45, 2.75) is 71.6 Å². The van der Waals surface area contributed by atoms with E-state index in [0.29, 0.717) is 12.1 Å². The second-order valence-corrected chi connectivity index (χ2v) is 5.42. The molecule has 0 aliphatic heterocycles. The molecule has 1 aliphatic carbocycles. The SMILES string of the molecule is CCC(C)(C)OC1CC(N)C1(C)CC. The van der Waals surface area contributed by atoms with Crippen LogP contribution in [0, 0.1) is 5.41 Å². The molecule has 3 atom stereocenters. The first kappa shape index (κ1) is 12.0. The summed E-state index contributed by atoms with van der Waals surface area (Å²) in [7, 11) is 0. The van der Waals surface area contributed by atoms with Crippen LogP contribution in [0.5, 0.6) is 0 Å². The van der Waals surface area contributed by atoms with Gasteiger partial charge in [0, 0.05) is 11.5 Å². The molecule has 0 aromatic carbocycles. The summed E-state index contributed by atoms with van der Waals surface area (Å²) in [5.41, 5.74) is 6.24. The first-order valence-electron chi connectivity index (χ1n) is 5.79. The summed E-state index contributed by atoms with van der Waals surface area (Å²) in [6.07, 6.45) is 3.54. The molecule has 0 bridgehead atoms. The first-order valence-corrected chi connectivity index (χ1v) is 5.79. The molecule has 1 aliphatic rings. The molecule has 1 rings (SSSR count). The van der Waals surface area contributed by atoms with Gasteiger partial charge in [-0.1, -0.05) is 20.8 Å². The first-order chi connectivity index (χ1) is 6.35. The lowest BCUT2D eigenvalue weighted by atomic mass is 9.62. The molecule has 0 radical (unpaired) electrons. The van der Waals surface area contributed by atoms with Gasteiger partial charge in [-0.3, -0.25) is 0 Å². The van der Waals surface area contributed by atoms with E-state index in [1.54, 1.807) is 0 Å². The van der Waals surface area contributed by atoms with Gasteiger partial charge in [-0.25, -0.2) is 0 Å². The number of ether oxygens (including phenoxy) is 1. The third-order valence-corrected chi connectivity index (χ3v) is 4.13. The molecule has 0 spiro atoms. The van der Waals surface area contributed by atoms with Gasteiger partial charge in [0.1, 0.15) is 0 Å². The predicted octanol–water partition coefficient (Wildman–Crippen LogP) is 2.71. The molecule has 2 nitrogen and oxygen atoms in total. The lowest BCUT2D eigenvalue weighted by molar-refractivity contribution is -0.181. The summed E-state index contributed by atoms with van der Waals surface area (Å²) in [5, 5.41) is 0. The standard InChI is InChI=1S/C12H25NO/c1-6-11(3,4)14-10-8-9(13)12(10,5)7-2/h9-10H,6-8,13H2,1-5H3. The fraction of sp³-hybridized carbons (Fsp3) is 1.00. The third kappa shape index (κ3) is 1.96. The normalized spacial score (nSPS) is 38.1. The average molecular weight is 199 g/mol. The Morgan fingerprint density at radius 3 is 2.36 bits per heavy atom. The Labute approximate surface area is 88.2 Å². The van der Waals surface area contributed by atoms with Crippen molar-refractivity contribution >= 4 is 0 Å². The lowest BCUT2D eigenvalue weighted by Crippen LogP contribution is -2.61. The molecule has 14 heavy (non-hydrogen) atoms. The Bertz CT molecular complexity index is 202. The Morgan fingerprint density at radius 2 is 2.00 bits per heavy atom. The molecule has 0 aromatic rings. The Morgan fingerprint density at radius 1 is 1.43 bits per heavy atom. The van der Waals surface area contributed by atoms with Gasteiger partial charge in [0.25, 0.3) is 0 Å². The van der Waals surface area contributed by atoms with E-state index in [1.807, 2.05) is 0 Å². The van der Waals surface area contributed by atoms with Crippen molar-refractivity contribution in [2.24, 2.45) is 11.1 Å². The fourth-order valence-electron chi connectivity index (χ4n) is 1.99. The second kappa shape index (κ2) is 3.82. The minimum Gasteiger partial charge on any atom is -0.372 e. The highest BCUT2D eigenvalue weighted by molar-refractivity contribution is 5.03. The van der Waals surface area contributed by atoms with Crippen LogP contribution < -0.4 is 5.73 Å². The number of hydrogen-bond donors (Lipinski definition) is 1. The molecule has 3 unspecified atom stereocenters. The molecule has 1 fully saturated rings. The van der Waals surface area contributed by atoms with Crippen LogP contribution in [0.3, 0.4) is 0 Å². The van der Waals surface area contributed by atoms with Crippen molar-refractivity contribution in [1.29, 1.82) is 0 Å². The molecular formula is C12H25NO. The quantitative estimate of drug-likeness (QED) is 0.755. The van der Waals surface area contributed by atoms with E-state index in [9.17, 15) is 0 Å². The maximum atomic E-state index is 6.12. The monoisotopic (exact) mass is 199 g/mol. The molecule has 84 valence electrons. The molecule has 1 saturated carbocycles. The van der Waals surface area contributed by atoms with Crippen molar-refractivity contribution in [3.8, 4) is 0 Å². The highest BCUT2D eigenvalue weighted by Gasteiger charge is 2.50. The van der Waals surface area contributed by atoms with E-state index in [2.05, 4.69) is 34.6 Å². The molecule has 0 saturated heterocycles. The largest absolute Gasteiger partial charge is 0.372 e. The Balaban J connectivity index is 2.56. The predicted molar refractivity (Wildman–Crippen MR) is 60.2 cm³/mol. The molecule has 0 aromatic heterocycles. The summed E-state index contributed by atoms with van der Waals surface area (Å²) in [6.45, 7) is 10.9. The van der Waals surface area contributed by atoms with E-state index in [-0.39, 0.29) is 11.0 Å². The van der Waals surface area contributed by atoms with Crippen LogP contribution in [0.25, 0.3) is 0 Å². The smallest absolute Gasteiger partial charge is 0.0665 e. The number of nitrogens with two attached hydrogens (primary N) is 1. The number of rotatable bonds is 4. The van der Waals surface area contributed by atoms with Crippen LogP contribution in [-0.2, 0) is 4.74 Å². The van der Waals surface area contributed by atoms with Crippen molar-refractivity contribution in [3.05, 3.63) is 0 Å². The van der Waals surface area contributed by atoms with Crippen LogP contribution in [0.2, 0.25) is 0 Å². The van der Waals surface area contributed by atoms with Crippen LogP contribution in [0.1, 0.15) is 53.9 Å². The summed E-state index contributed by atoms with van der Waals surface area (Å²) >= 11 is 0. The van der Waals surface area contributed by atoms with Crippen LogP contribution in [0.15, 0.2) is 0 Å². The average Bonchev–Trinajstić information content (AvgIpc) is 2.16. The highest BCUT2D eigenvalue weighted by Crippen LogP contribution is 2.46. The molecular weight excluding hydrogens is 174 g/mol. The van der Waals surface area contributed by atoms with Gasteiger partial charge in [-0.2, -0.15) is 0 Å². The summed E-state index contributed by atoms with van der Waals surface area (Å²) in [6, 6.07) is 0.324. The van der Waals surface area contributed by atoms with Crippen molar-refractivity contribution in [1.82, 2.24) is 0 Å². The fourth-order valence-corrected chi connectivity index (χ4v) is 1.99.